The zero-order valence-corrected chi connectivity index (χ0v) is 9.68. The summed E-state index contributed by atoms with van der Waals surface area (Å²) in [7, 11) is 0. The fourth-order valence-electron chi connectivity index (χ4n) is 1.50. The second-order valence-electron chi connectivity index (χ2n) is 5.37. The van der Waals surface area contributed by atoms with Crippen LogP contribution >= 0.6 is 0 Å². The van der Waals surface area contributed by atoms with Gasteiger partial charge in [-0.2, -0.15) is 0 Å². The van der Waals surface area contributed by atoms with Crippen molar-refractivity contribution in [3.05, 3.63) is 0 Å². The Morgan fingerprint density at radius 1 is 1.64 bits per heavy atom. The average Bonchev–Trinajstić information content (AvgIpc) is 2.70. The molecule has 0 aliphatic heterocycles. The highest BCUT2D eigenvalue weighted by Gasteiger charge is 2.45. The predicted molar refractivity (Wildman–Crippen MR) is 57.8 cm³/mol. The third-order valence-electron chi connectivity index (χ3n) is 3.48. The van der Waals surface area contributed by atoms with Gasteiger partial charge in [-0.1, -0.05) is 20.8 Å². The highest BCUT2D eigenvalue weighted by atomic mass is 16.2. The number of rotatable bonds is 4. The Kier molecular flexibility index (Phi) is 2.91. The standard InChI is InChI=1S/C11H22N2O/c1-5-11(4,12)9(14)13-7-8-6-10(8,2)3/h8H,5-7,12H2,1-4H3,(H,13,14). The molecule has 0 spiro atoms. The first-order valence-corrected chi connectivity index (χ1v) is 5.37. The molecule has 2 unspecified atom stereocenters. The first-order chi connectivity index (χ1) is 6.29. The largest absolute Gasteiger partial charge is 0.354 e. The van der Waals surface area contributed by atoms with Gasteiger partial charge in [-0.25, -0.2) is 0 Å². The van der Waals surface area contributed by atoms with Gasteiger partial charge in [0.05, 0.1) is 5.54 Å². The van der Waals surface area contributed by atoms with Gasteiger partial charge in [0.25, 0.3) is 0 Å². The van der Waals surface area contributed by atoms with Crippen LogP contribution in [0.3, 0.4) is 0 Å². The molecule has 82 valence electrons. The Morgan fingerprint density at radius 3 is 2.50 bits per heavy atom. The Hall–Kier alpha value is -0.570. The molecule has 1 saturated carbocycles. The van der Waals surface area contributed by atoms with Crippen LogP contribution in [0.5, 0.6) is 0 Å². The van der Waals surface area contributed by atoms with Crippen LogP contribution in [0, 0.1) is 11.3 Å². The molecular weight excluding hydrogens is 176 g/mol. The first kappa shape index (κ1) is 11.5. The summed E-state index contributed by atoms with van der Waals surface area (Å²) in [5.74, 6) is 0.613. The van der Waals surface area contributed by atoms with Crippen molar-refractivity contribution in [2.24, 2.45) is 17.1 Å². The molecule has 3 nitrogen and oxygen atoms in total. The topological polar surface area (TPSA) is 55.1 Å². The third-order valence-corrected chi connectivity index (χ3v) is 3.48. The molecular formula is C11H22N2O. The zero-order chi connectivity index (χ0) is 11.0. The Labute approximate surface area is 86.4 Å². The number of nitrogens with one attached hydrogen (secondary N) is 1. The molecule has 0 bridgehead atoms. The van der Waals surface area contributed by atoms with Crippen molar-refractivity contribution in [2.75, 3.05) is 6.54 Å². The van der Waals surface area contributed by atoms with Crippen LogP contribution in [-0.2, 0) is 4.79 Å². The highest BCUT2D eigenvalue weighted by Crippen LogP contribution is 2.50. The summed E-state index contributed by atoms with van der Waals surface area (Å²) in [4.78, 5) is 11.6. The lowest BCUT2D eigenvalue weighted by atomic mass is 9.99. The maximum Gasteiger partial charge on any atom is 0.239 e. The number of carbonyl (C=O) groups excluding carboxylic acids is 1. The minimum atomic E-state index is -0.709. The van der Waals surface area contributed by atoms with Crippen LogP contribution < -0.4 is 11.1 Å². The van der Waals surface area contributed by atoms with Gasteiger partial charge in [0.2, 0.25) is 5.91 Å². The van der Waals surface area contributed by atoms with Crippen LogP contribution in [-0.4, -0.2) is 18.0 Å². The molecule has 1 aliphatic carbocycles. The lowest BCUT2D eigenvalue weighted by Gasteiger charge is -2.21. The lowest BCUT2D eigenvalue weighted by molar-refractivity contribution is -0.125. The van der Waals surface area contributed by atoms with E-state index in [0.29, 0.717) is 17.8 Å². The minimum Gasteiger partial charge on any atom is -0.354 e. The van der Waals surface area contributed by atoms with E-state index in [2.05, 4.69) is 19.2 Å². The van der Waals surface area contributed by atoms with Crippen LogP contribution in [0.4, 0.5) is 0 Å². The van der Waals surface area contributed by atoms with Gasteiger partial charge in [0.1, 0.15) is 0 Å². The van der Waals surface area contributed by atoms with E-state index in [0.717, 1.165) is 6.54 Å². The van der Waals surface area contributed by atoms with E-state index in [-0.39, 0.29) is 5.91 Å². The average molecular weight is 198 g/mol. The van der Waals surface area contributed by atoms with Crippen molar-refractivity contribution in [1.29, 1.82) is 0 Å². The van der Waals surface area contributed by atoms with Crippen molar-refractivity contribution >= 4 is 5.91 Å². The van der Waals surface area contributed by atoms with Gasteiger partial charge >= 0.3 is 0 Å². The molecule has 0 radical (unpaired) electrons. The number of hydrogen-bond donors (Lipinski definition) is 2. The Morgan fingerprint density at radius 2 is 2.14 bits per heavy atom. The molecule has 3 heteroatoms. The van der Waals surface area contributed by atoms with Gasteiger partial charge in [-0.15, -0.1) is 0 Å². The molecule has 0 aromatic heterocycles. The van der Waals surface area contributed by atoms with Crippen LogP contribution in [0.2, 0.25) is 0 Å². The van der Waals surface area contributed by atoms with Crippen LogP contribution in [0.25, 0.3) is 0 Å². The first-order valence-electron chi connectivity index (χ1n) is 5.37. The molecule has 1 fully saturated rings. The lowest BCUT2D eigenvalue weighted by Crippen LogP contribution is -2.51. The molecule has 1 amide bonds. The van der Waals surface area contributed by atoms with Crippen LogP contribution in [0.15, 0.2) is 0 Å². The van der Waals surface area contributed by atoms with Gasteiger partial charge in [0.15, 0.2) is 0 Å². The molecule has 0 saturated heterocycles. The van der Waals surface area contributed by atoms with Crippen LogP contribution in [0.1, 0.15) is 40.5 Å². The summed E-state index contributed by atoms with van der Waals surface area (Å²) in [6, 6.07) is 0. The van der Waals surface area contributed by atoms with Crippen molar-refractivity contribution in [1.82, 2.24) is 5.32 Å². The van der Waals surface area contributed by atoms with Gasteiger partial charge in [0, 0.05) is 6.54 Å². The highest BCUT2D eigenvalue weighted by molar-refractivity contribution is 5.85. The van der Waals surface area contributed by atoms with E-state index in [9.17, 15) is 4.79 Å². The zero-order valence-electron chi connectivity index (χ0n) is 9.68. The van der Waals surface area contributed by atoms with E-state index in [1.807, 2.05) is 6.92 Å². The van der Waals surface area contributed by atoms with E-state index in [1.165, 1.54) is 6.42 Å². The molecule has 1 rings (SSSR count). The van der Waals surface area contributed by atoms with Gasteiger partial charge in [-0.3, -0.25) is 4.79 Å². The van der Waals surface area contributed by atoms with E-state index >= 15 is 0 Å². The molecule has 0 aromatic rings. The second-order valence-corrected chi connectivity index (χ2v) is 5.37. The van der Waals surface area contributed by atoms with Gasteiger partial charge < -0.3 is 11.1 Å². The van der Waals surface area contributed by atoms with Crippen molar-refractivity contribution in [3.63, 3.8) is 0 Å². The van der Waals surface area contributed by atoms with Crippen molar-refractivity contribution in [3.8, 4) is 0 Å². The third kappa shape index (κ3) is 2.47. The summed E-state index contributed by atoms with van der Waals surface area (Å²) in [5.41, 5.74) is 5.53. The summed E-state index contributed by atoms with van der Waals surface area (Å²) >= 11 is 0. The number of amides is 1. The van der Waals surface area contributed by atoms with Crippen molar-refractivity contribution in [2.45, 2.75) is 46.1 Å². The molecule has 3 N–H and O–H groups in total. The molecule has 14 heavy (non-hydrogen) atoms. The summed E-state index contributed by atoms with van der Waals surface area (Å²) in [5, 5.41) is 2.93. The van der Waals surface area contributed by atoms with Crippen molar-refractivity contribution < 1.29 is 4.79 Å². The maximum absolute atomic E-state index is 11.6. The van der Waals surface area contributed by atoms with E-state index in [4.69, 9.17) is 5.73 Å². The fraction of sp³-hybridized carbons (Fsp3) is 0.909. The second kappa shape index (κ2) is 3.54. The quantitative estimate of drug-likeness (QED) is 0.715. The molecule has 1 aliphatic rings. The number of hydrogen-bond acceptors (Lipinski definition) is 2. The van der Waals surface area contributed by atoms with E-state index in [1.54, 1.807) is 6.92 Å². The monoisotopic (exact) mass is 198 g/mol. The molecule has 0 heterocycles. The normalized spacial score (nSPS) is 27.9. The smallest absolute Gasteiger partial charge is 0.239 e. The fourth-order valence-corrected chi connectivity index (χ4v) is 1.50. The molecule has 0 aromatic carbocycles. The maximum atomic E-state index is 11.6. The SMILES string of the molecule is CCC(C)(N)C(=O)NCC1CC1(C)C. The van der Waals surface area contributed by atoms with Gasteiger partial charge in [-0.05, 0) is 31.1 Å². The summed E-state index contributed by atoms with van der Waals surface area (Å²) in [6.45, 7) is 8.94. The summed E-state index contributed by atoms with van der Waals surface area (Å²) in [6.07, 6.45) is 1.88. The minimum absolute atomic E-state index is 0.0253. The Balaban J connectivity index is 2.29. The predicted octanol–water partition coefficient (Wildman–Crippen LogP) is 1.28. The van der Waals surface area contributed by atoms with E-state index < -0.39 is 5.54 Å². The number of carbonyl (C=O) groups is 1. The summed E-state index contributed by atoms with van der Waals surface area (Å²) < 4.78 is 0. The number of nitrogens with two attached hydrogens (primary N) is 1. The molecule has 2 atom stereocenters. The Bertz CT molecular complexity index is 233.